The molecule has 3 nitrogen and oxygen atoms in total. The molecule has 0 aliphatic heterocycles. The van der Waals surface area contributed by atoms with Crippen LogP contribution in [0.5, 0.6) is 0 Å². The summed E-state index contributed by atoms with van der Waals surface area (Å²) in [4.78, 5) is 7.44. The maximum atomic E-state index is 5.97. The number of nitrogens with one attached hydrogen (secondary N) is 1. The van der Waals surface area contributed by atoms with Crippen molar-refractivity contribution in [2.24, 2.45) is 0 Å². The molecule has 1 aliphatic rings. The Balaban J connectivity index is 2.09. The average Bonchev–Trinajstić information content (AvgIpc) is 2.99. The average molecular weight is 262 g/mol. The van der Waals surface area contributed by atoms with Gasteiger partial charge in [-0.3, -0.25) is 0 Å². The molecule has 1 fully saturated rings. The zero-order valence-corrected chi connectivity index (χ0v) is 10.9. The van der Waals surface area contributed by atoms with Crippen LogP contribution in [-0.4, -0.2) is 9.97 Å². The molecule has 0 atom stereocenters. The maximum Gasteiger partial charge on any atom is 0.197 e. The van der Waals surface area contributed by atoms with E-state index in [1.54, 1.807) is 0 Å². The van der Waals surface area contributed by atoms with E-state index in [4.69, 9.17) is 17.3 Å². The van der Waals surface area contributed by atoms with E-state index in [0.717, 1.165) is 23.6 Å². The standard InChI is InChI=1S/C14H16ClN3/c15-11-5-3-10(4-6-11)14(7-1-2-8-14)12-9-17-13(16)18-12/h3-6,9H,1-2,7-8H2,(H3,16,17,18). The number of hydrogen-bond donors (Lipinski definition) is 2. The van der Waals surface area contributed by atoms with Crippen molar-refractivity contribution in [2.45, 2.75) is 31.1 Å². The molecule has 1 aromatic heterocycles. The molecule has 1 aliphatic carbocycles. The van der Waals surface area contributed by atoms with Gasteiger partial charge in [0.15, 0.2) is 5.95 Å². The topological polar surface area (TPSA) is 54.7 Å². The van der Waals surface area contributed by atoms with Crippen LogP contribution in [0.4, 0.5) is 5.95 Å². The summed E-state index contributed by atoms with van der Waals surface area (Å²) in [6.45, 7) is 0. The zero-order chi connectivity index (χ0) is 12.6. The number of nitrogens with two attached hydrogens (primary N) is 1. The van der Waals surface area contributed by atoms with Crippen LogP contribution in [0.15, 0.2) is 30.5 Å². The number of benzene rings is 1. The van der Waals surface area contributed by atoms with Crippen molar-refractivity contribution < 1.29 is 0 Å². The van der Waals surface area contributed by atoms with Gasteiger partial charge in [-0.2, -0.15) is 0 Å². The normalized spacial score (nSPS) is 18.1. The van der Waals surface area contributed by atoms with Gasteiger partial charge in [-0.25, -0.2) is 4.98 Å². The molecule has 0 unspecified atom stereocenters. The molecule has 0 bridgehead atoms. The van der Waals surface area contributed by atoms with Gasteiger partial charge in [0.05, 0.1) is 5.69 Å². The number of aromatic nitrogens is 2. The van der Waals surface area contributed by atoms with Gasteiger partial charge in [0.1, 0.15) is 0 Å². The molecule has 18 heavy (non-hydrogen) atoms. The van der Waals surface area contributed by atoms with Crippen molar-refractivity contribution in [3.63, 3.8) is 0 Å². The van der Waals surface area contributed by atoms with E-state index in [1.807, 2.05) is 18.3 Å². The van der Waals surface area contributed by atoms with Crippen LogP contribution in [0.1, 0.15) is 36.9 Å². The lowest BCUT2D eigenvalue weighted by molar-refractivity contribution is 0.521. The van der Waals surface area contributed by atoms with Crippen LogP contribution in [0.25, 0.3) is 0 Å². The Morgan fingerprint density at radius 1 is 1.17 bits per heavy atom. The van der Waals surface area contributed by atoms with Gasteiger partial charge >= 0.3 is 0 Å². The molecule has 3 rings (SSSR count). The Morgan fingerprint density at radius 3 is 2.39 bits per heavy atom. The quantitative estimate of drug-likeness (QED) is 0.869. The van der Waals surface area contributed by atoms with Gasteiger partial charge in [-0.15, -0.1) is 0 Å². The fraction of sp³-hybridized carbons (Fsp3) is 0.357. The number of hydrogen-bond acceptors (Lipinski definition) is 2. The van der Waals surface area contributed by atoms with Gasteiger partial charge in [0, 0.05) is 16.6 Å². The zero-order valence-electron chi connectivity index (χ0n) is 10.1. The Bertz CT molecular complexity index is 538. The molecule has 2 aromatic rings. The largest absolute Gasteiger partial charge is 0.369 e. The lowest BCUT2D eigenvalue weighted by atomic mass is 9.76. The fourth-order valence-electron chi connectivity index (χ4n) is 3.02. The van der Waals surface area contributed by atoms with E-state index in [9.17, 15) is 0 Å². The molecule has 0 spiro atoms. The van der Waals surface area contributed by atoms with Crippen molar-refractivity contribution in [1.82, 2.24) is 9.97 Å². The molecule has 94 valence electrons. The van der Waals surface area contributed by atoms with Crippen LogP contribution in [0, 0.1) is 0 Å². The third kappa shape index (κ3) is 1.79. The molecule has 3 N–H and O–H groups in total. The number of H-pyrrole nitrogens is 1. The van der Waals surface area contributed by atoms with Gasteiger partial charge in [-0.05, 0) is 30.5 Å². The van der Waals surface area contributed by atoms with E-state index >= 15 is 0 Å². The van der Waals surface area contributed by atoms with Crippen LogP contribution in [-0.2, 0) is 5.41 Å². The maximum absolute atomic E-state index is 5.97. The highest BCUT2D eigenvalue weighted by atomic mass is 35.5. The Labute approximate surface area is 111 Å². The number of imidazole rings is 1. The predicted molar refractivity (Wildman–Crippen MR) is 73.7 cm³/mol. The van der Waals surface area contributed by atoms with E-state index in [-0.39, 0.29) is 5.41 Å². The molecule has 1 aromatic carbocycles. The minimum Gasteiger partial charge on any atom is -0.369 e. The lowest BCUT2D eigenvalue weighted by Gasteiger charge is -2.27. The van der Waals surface area contributed by atoms with Gasteiger partial charge in [0.2, 0.25) is 0 Å². The minimum absolute atomic E-state index is 0.0126. The first-order chi connectivity index (χ1) is 8.71. The van der Waals surface area contributed by atoms with Crippen LogP contribution in [0.3, 0.4) is 0 Å². The Hall–Kier alpha value is -1.48. The molecule has 0 amide bonds. The molecular weight excluding hydrogens is 246 g/mol. The predicted octanol–water partition coefficient (Wildman–Crippen LogP) is 3.51. The second-order valence-corrected chi connectivity index (χ2v) is 5.40. The third-order valence-electron chi connectivity index (χ3n) is 3.94. The monoisotopic (exact) mass is 261 g/mol. The highest BCUT2D eigenvalue weighted by Crippen LogP contribution is 2.45. The molecule has 4 heteroatoms. The number of nitrogens with zero attached hydrogens (tertiary/aromatic N) is 1. The molecule has 0 saturated heterocycles. The van der Waals surface area contributed by atoms with E-state index in [1.165, 1.54) is 18.4 Å². The number of anilines is 1. The number of aromatic amines is 1. The summed E-state index contributed by atoms with van der Waals surface area (Å²) >= 11 is 5.97. The molecule has 1 heterocycles. The summed E-state index contributed by atoms with van der Waals surface area (Å²) < 4.78 is 0. The SMILES string of the molecule is Nc1nc(C2(c3ccc(Cl)cc3)CCCC2)c[nH]1. The molecule has 1 saturated carbocycles. The summed E-state index contributed by atoms with van der Waals surface area (Å²) in [7, 11) is 0. The first kappa shape index (κ1) is 11.6. The highest BCUT2D eigenvalue weighted by Gasteiger charge is 2.39. The second-order valence-electron chi connectivity index (χ2n) is 4.97. The summed E-state index contributed by atoms with van der Waals surface area (Å²) in [5, 5.41) is 0.772. The van der Waals surface area contributed by atoms with Gasteiger partial charge in [0.25, 0.3) is 0 Å². The van der Waals surface area contributed by atoms with Crippen molar-refractivity contribution in [1.29, 1.82) is 0 Å². The Kier molecular flexibility index (Phi) is 2.78. The van der Waals surface area contributed by atoms with Crippen molar-refractivity contribution in [3.8, 4) is 0 Å². The first-order valence-electron chi connectivity index (χ1n) is 6.28. The van der Waals surface area contributed by atoms with E-state index in [2.05, 4.69) is 22.1 Å². The Morgan fingerprint density at radius 2 is 1.83 bits per heavy atom. The lowest BCUT2D eigenvalue weighted by Crippen LogP contribution is -2.24. The van der Waals surface area contributed by atoms with Crippen LogP contribution >= 0.6 is 11.6 Å². The minimum atomic E-state index is 0.0126. The second kappa shape index (κ2) is 4.32. The van der Waals surface area contributed by atoms with E-state index < -0.39 is 0 Å². The smallest absolute Gasteiger partial charge is 0.197 e. The summed E-state index contributed by atoms with van der Waals surface area (Å²) in [5.41, 5.74) is 8.08. The first-order valence-corrected chi connectivity index (χ1v) is 6.66. The summed E-state index contributed by atoms with van der Waals surface area (Å²) in [6.07, 6.45) is 6.65. The van der Waals surface area contributed by atoms with E-state index in [0.29, 0.717) is 5.95 Å². The highest BCUT2D eigenvalue weighted by molar-refractivity contribution is 6.30. The number of rotatable bonds is 2. The van der Waals surface area contributed by atoms with Crippen molar-refractivity contribution >= 4 is 17.5 Å². The van der Waals surface area contributed by atoms with Gasteiger partial charge < -0.3 is 10.7 Å². The van der Waals surface area contributed by atoms with Crippen LogP contribution < -0.4 is 5.73 Å². The number of nitrogen functional groups attached to an aromatic ring is 1. The third-order valence-corrected chi connectivity index (χ3v) is 4.19. The van der Waals surface area contributed by atoms with Gasteiger partial charge in [-0.1, -0.05) is 36.6 Å². The summed E-state index contributed by atoms with van der Waals surface area (Å²) in [6, 6.07) is 8.12. The fourth-order valence-corrected chi connectivity index (χ4v) is 3.15. The molecular formula is C14H16ClN3. The van der Waals surface area contributed by atoms with Crippen molar-refractivity contribution in [2.75, 3.05) is 5.73 Å². The number of halogens is 1. The van der Waals surface area contributed by atoms with Crippen LogP contribution in [0.2, 0.25) is 5.02 Å². The summed E-state index contributed by atoms with van der Waals surface area (Å²) in [5.74, 6) is 0.491. The molecule has 0 radical (unpaired) electrons. The van der Waals surface area contributed by atoms with Crippen molar-refractivity contribution in [3.05, 3.63) is 46.7 Å².